The summed E-state index contributed by atoms with van der Waals surface area (Å²) in [4.78, 5) is 10.8. The molecule has 2 aromatic carbocycles. The van der Waals surface area contributed by atoms with Gasteiger partial charge in [0.15, 0.2) is 0 Å². The molecule has 0 radical (unpaired) electrons. The van der Waals surface area contributed by atoms with E-state index in [0.717, 1.165) is 5.56 Å². The summed E-state index contributed by atoms with van der Waals surface area (Å²) in [7, 11) is 0. The number of hydrogen-bond donors (Lipinski definition) is 0. The molecule has 2 rings (SSSR count). The Kier molecular flexibility index (Phi) is 3.78. The van der Waals surface area contributed by atoms with Crippen molar-refractivity contribution in [3.05, 3.63) is 54.1 Å². The van der Waals surface area contributed by atoms with Gasteiger partial charge in [0.2, 0.25) is 0 Å². The number of carbonyl (C=O) groups is 1. The number of hydrogen-bond acceptors (Lipinski definition) is 2. The first-order chi connectivity index (χ1) is 8.66. The van der Waals surface area contributed by atoms with Gasteiger partial charge in [0.25, 0.3) is 0 Å². The maximum Gasteiger partial charge on any atom is 0.303 e. The van der Waals surface area contributed by atoms with Crippen LogP contribution in [0, 0.1) is 0 Å². The molecule has 0 bridgehead atoms. The van der Waals surface area contributed by atoms with Crippen molar-refractivity contribution in [1.29, 1.82) is 0 Å². The maximum atomic E-state index is 10.8. The molecule has 2 aromatic rings. The summed E-state index contributed by atoms with van der Waals surface area (Å²) in [6.07, 6.45) is 3.68. The van der Waals surface area contributed by atoms with E-state index in [1.165, 1.54) is 17.7 Å². The first-order valence-electron chi connectivity index (χ1n) is 6.00. The molecular formula is C16H16O2. The van der Waals surface area contributed by atoms with Crippen molar-refractivity contribution in [2.45, 2.75) is 20.0 Å². The largest absolute Gasteiger partial charge is 0.459 e. The topological polar surface area (TPSA) is 26.3 Å². The predicted molar refractivity (Wildman–Crippen MR) is 74.2 cm³/mol. The Morgan fingerprint density at radius 1 is 1.17 bits per heavy atom. The third kappa shape index (κ3) is 2.98. The van der Waals surface area contributed by atoms with Crippen molar-refractivity contribution in [3.8, 4) is 0 Å². The molecule has 0 fully saturated rings. The number of ether oxygens (including phenoxy) is 1. The highest BCUT2D eigenvalue weighted by atomic mass is 16.5. The molecule has 2 heteroatoms. The van der Waals surface area contributed by atoms with Crippen molar-refractivity contribution < 1.29 is 9.53 Å². The Labute approximate surface area is 107 Å². The van der Waals surface area contributed by atoms with Crippen LogP contribution in [0.25, 0.3) is 16.8 Å². The van der Waals surface area contributed by atoms with Crippen LogP contribution < -0.4 is 0 Å². The van der Waals surface area contributed by atoms with Gasteiger partial charge < -0.3 is 4.74 Å². The monoisotopic (exact) mass is 240 g/mol. The molecule has 1 unspecified atom stereocenters. The molecule has 0 aromatic heterocycles. The summed E-state index contributed by atoms with van der Waals surface area (Å²) in [5.74, 6) is -0.259. The predicted octanol–water partition coefficient (Wildman–Crippen LogP) is 3.80. The van der Waals surface area contributed by atoms with Crippen LogP contribution in [0.1, 0.15) is 19.4 Å². The number of benzene rings is 2. The standard InChI is InChI=1S/C16H16O2/c1-12(18-13(2)17)10-11-15-8-5-7-14-6-3-4-9-16(14)15/h3-12H,1-2H3/b11-10+. The summed E-state index contributed by atoms with van der Waals surface area (Å²) in [6, 6.07) is 14.4. The smallest absolute Gasteiger partial charge is 0.303 e. The lowest BCUT2D eigenvalue weighted by Gasteiger charge is -2.07. The van der Waals surface area contributed by atoms with Crippen LogP contribution in [0.3, 0.4) is 0 Å². The number of carbonyl (C=O) groups excluding carboxylic acids is 1. The average molecular weight is 240 g/mol. The minimum absolute atomic E-state index is 0.207. The molecule has 0 amide bonds. The lowest BCUT2D eigenvalue weighted by molar-refractivity contribution is -0.143. The van der Waals surface area contributed by atoms with E-state index >= 15 is 0 Å². The summed E-state index contributed by atoms with van der Waals surface area (Å²) in [6.45, 7) is 3.27. The van der Waals surface area contributed by atoms with Crippen molar-refractivity contribution in [3.63, 3.8) is 0 Å². The van der Waals surface area contributed by atoms with Gasteiger partial charge in [-0.3, -0.25) is 4.79 Å². The summed E-state index contributed by atoms with van der Waals surface area (Å²) >= 11 is 0. The van der Waals surface area contributed by atoms with Crippen molar-refractivity contribution >= 4 is 22.8 Å². The third-order valence-corrected chi connectivity index (χ3v) is 2.72. The Balaban J connectivity index is 2.26. The first kappa shape index (κ1) is 12.4. The molecule has 0 saturated carbocycles. The minimum Gasteiger partial charge on any atom is -0.459 e. The average Bonchev–Trinajstić information content (AvgIpc) is 2.35. The highest BCUT2D eigenvalue weighted by molar-refractivity contribution is 5.90. The van der Waals surface area contributed by atoms with Gasteiger partial charge in [0.05, 0.1) is 0 Å². The molecule has 92 valence electrons. The molecule has 0 saturated heterocycles. The van der Waals surface area contributed by atoms with E-state index in [1.807, 2.05) is 37.3 Å². The number of fused-ring (bicyclic) bond motifs is 1. The van der Waals surface area contributed by atoms with Crippen LogP contribution in [-0.4, -0.2) is 12.1 Å². The van der Waals surface area contributed by atoms with Crippen molar-refractivity contribution in [1.82, 2.24) is 0 Å². The van der Waals surface area contributed by atoms with Gasteiger partial charge in [0.1, 0.15) is 6.10 Å². The molecular weight excluding hydrogens is 224 g/mol. The normalized spacial score (nSPS) is 12.8. The van der Waals surface area contributed by atoms with E-state index in [1.54, 1.807) is 0 Å². The van der Waals surface area contributed by atoms with Gasteiger partial charge in [-0.1, -0.05) is 48.5 Å². The summed E-state index contributed by atoms with van der Waals surface area (Å²) < 4.78 is 5.06. The zero-order chi connectivity index (χ0) is 13.0. The number of rotatable bonds is 3. The quantitative estimate of drug-likeness (QED) is 0.763. The molecule has 0 aliphatic heterocycles. The maximum absolute atomic E-state index is 10.8. The second-order valence-electron chi connectivity index (χ2n) is 4.24. The second kappa shape index (κ2) is 5.50. The molecule has 0 spiro atoms. The molecule has 0 heterocycles. The minimum atomic E-state index is -0.259. The van der Waals surface area contributed by atoms with Gasteiger partial charge in [-0.05, 0) is 29.3 Å². The SMILES string of the molecule is CC(=O)OC(C)/C=C/c1cccc2ccccc12. The molecule has 0 aliphatic carbocycles. The lowest BCUT2D eigenvalue weighted by Crippen LogP contribution is -2.08. The van der Waals surface area contributed by atoms with Crippen LogP contribution >= 0.6 is 0 Å². The van der Waals surface area contributed by atoms with E-state index in [-0.39, 0.29) is 12.1 Å². The third-order valence-electron chi connectivity index (χ3n) is 2.72. The Morgan fingerprint density at radius 2 is 1.89 bits per heavy atom. The van der Waals surface area contributed by atoms with Gasteiger partial charge in [0, 0.05) is 6.92 Å². The van der Waals surface area contributed by atoms with Gasteiger partial charge in [-0.15, -0.1) is 0 Å². The Hall–Kier alpha value is -2.09. The summed E-state index contributed by atoms with van der Waals surface area (Å²) in [5.41, 5.74) is 1.13. The Morgan fingerprint density at radius 3 is 2.67 bits per heavy atom. The van der Waals surface area contributed by atoms with Crippen LogP contribution in [0.5, 0.6) is 0 Å². The molecule has 0 aliphatic rings. The molecule has 18 heavy (non-hydrogen) atoms. The Bertz CT molecular complexity index is 579. The van der Waals surface area contributed by atoms with Gasteiger partial charge in [-0.2, -0.15) is 0 Å². The van der Waals surface area contributed by atoms with Gasteiger partial charge >= 0.3 is 5.97 Å². The first-order valence-corrected chi connectivity index (χ1v) is 6.00. The van der Waals surface area contributed by atoms with E-state index in [2.05, 4.69) is 24.3 Å². The zero-order valence-electron chi connectivity index (χ0n) is 10.6. The van der Waals surface area contributed by atoms with E-state index in [0.29, 0.717) is 0 Å². The summed E-state index contributed by atoms with van der Waals surface area (Å²) in [5, 5.41) is 2.41. The van der Waals surface area contributed by atoms with Crippen molar-refractivity contribution in [2.75, 3.05) is 0 Å². The molecule has 2 nitrogen and oxygen atoms in total. The fourth-order valence-electron chi connectivity index (χ4n) is 1.94. The number of esters is 1. The zero-order valence-corrected chi connectivity index (χ0v) is 10.6. The fraction of sp³-hybridized carbons (Fsp3) is 0.188. The van der Waals surface area contributed by atoms with E-state index in [4.69, 9.17) is 4.74 Å². The van der Waals surface area contributed by atoms with Crippen LogP contribution in [0.4, 0.5) is 0 Å². The van der Waals surface area contributed by atoms with E-state index < -0.39 is 0 Å². The highest BCUT2D eigenvalue weighted by Gasteiger charge is 2.01. The van der Waals surface area contributed by atoms with Gasteiger partial charge in [-0.25, -0.2) is 0 Å². The van der Waals surface area contributed by atoms with Crippen LogP contribution in [0.2, 0.25) is 0 Å². The highest BCUT2D eigenvalue weighted by Crippen LogP contribution is 2.19. The second-order valence-corrected chi connectivity index (χ2v) is 4.24. The van der Waals surface area contributed by atoms with E-state index in [9.17, 15) is 4.79 Å². The van der Waals surface area contributed by atoms with Crippen molar-refractivity contribution in [2.24, 2.45) is 0 Å². The fourth-order valence-corrected chi connectivity index (χ4v) is 1.94. The lowest BCUT2D eigenvalue weighted by atomic mass is 10.0. The van der Waals surface area contributed by atoms with Crippen LogP contribution in [0.15, 0.2) is 48.5 Å². The molecule has 0 N–H and O–H groups in total. The molecule has 1 atom stereocenters. The van der Waals surface area contributed by atoms with Crippen LogP contribution in [-0.2, 0) is 9.53 Å².